The minimum absolute atomic E-state index is 0.00656. The summed E-state index contributed by atoms with van der Waals surface area (Å²) in [5.41, 5.74) is 0. The Kier molecular flexibility index (Phi) is 4.79. The molecule has 2 saturated heterocycles. The van der Waals surface area contributed by atoms with Gasteiger partial charge >= 0.3 is 12.0 Å². The summed E-state index contributed by atoms with van der Waals surface area (Å²) in [5, 5.41) is 9.13. The van der Waals surface area contributed by atoms with Gasteiger partial charge < -0.3 is 14.9 Å². The number of amides is 2. The van der Waals surface area contributed by atoms with Crippen LogP contribution >= 0.6 is 0 Å². The Bertz CT molecular complexity index is 412. The predicted molar refractivity (Wildman–Crippen MR) is 81.0 cm³/mol. The molecule has 2 aliphatic heterocycles. The molecule has 2 amide bonds. The summed E-state index contributed by atoms with van der Waals surface area (Å²) in [5.74, 6) is 0.0137. The van der Waals surface area contributed by atoms with E-state index in [0.717, 1.165) is 6.54 Å². The van der Waals surface area contributed by atoms with Crippen LogP contribution in [-0.2, 0) is 4.79 Å². The van der Waals surface area contributed by atoms with Crippen LogP contribution in [0.5, 0.6) is 0 Å². The number of carbonyl (C=O) groups excluding carboxylic acids is 1. The number of rotatable bonds is 1. The molecule has 21 heavy (non-hydrogen) atoms. The number of likely N-dealkylation sites (tertiary alicyclic amines) is 2. The molecule has 5 nitrogen and oxygen atoms in total. The van der Waals surface area contributed by atoms with Crippen LogP contribution in [0.4, 0.5) is 4.79 Å². The van der Waals surface area contributed by atoms with Crippen molar-refractivity contribution in [3.05, 3.63) is 0 Å². The van der Waals surface area contributed by atoms with Crippen molar-refractivity contribution in [3.8, 4) is 0 Å². The molecular formula is C16H28N2O3. The quantitative estimate of drug-likeness (QED) is 0.809. The van der Waals surface area contributed by atoms with Gasteiger partial charge in [-0.05, 0) is 44.9 Å². The molecule has 2 fully saturated rings. The van der Waals surface area contributed by atoms with E-state index in [1.54, 1.807) is 0 Å². The van der Waals surface area contributed by atoms with Crippen LogP contribution in [0.15, 0.2) is 0 Å². The molecule has 2 rings (SSSR count). The van der Waals surface area contributed by atoms with Gasteiger partial charge in [0.2, 0.25) is 0 Å². The molecule has 0 bridgehead atoms. The highest BCUT2D eigenvalue weighted by Crippen LogP contribution is 2.30. The van der Waals surface area contributed by atoms with Crippen molar-refractivity contribution >= 4 is 12.0 Å². The van der Waals surface area contributed by atoms with Gasteiger partial charge in [-0.25, -0.2) is 4.79 Å². The van der Waals surface area contributed by atoms with Crippen LogP contribution < -0.4 is 0 Å². The van der Waals surface area contributed by atoms with Gasteiger partial charge in [-0.3, -0.25) is 4.79 Å². The molecule has 5 atom stereocenters. The lowest BCUT2D eigenvalue weighted by atomic mass is 9.86. The second-order valence-corrected chi connectivity index (χ2v) is 7.10. The van der Waals surface area contributed by atoms with Gasteiger partial charge in [0, 0.05) is 25.2 Å². The summed E-state index contributed by atoms with van der Waals surface area (Å²) in [6.45, 7) is 9.87. The summed E-state index contributed by atoms with van der Waals surface area (Å²) in [6, 6.07) is 0.363. The van der Waals surface area contributed by atoms with Crippen molar-refractivity contribution in [2.75, 3.05) is 13.1 Å². The molecular weight excluding hydrogens is 268 g/mol. The number of urea groups is 1. The average Bonchev–Trinajstić information content (AvgIpc) is 2.41. The van der Waals surface area contributed by atoms with Crippen molar-refractivity contribution in [2.45, 2.75) is 59.0 Å². The molecule has 0 saturated carbocycles. The first-order valence-electron chi connectivity index (χ1n) is 8.11. The van der Waals surface area contributed by atoms with Crippen molar-refractivity contribution < 1.29 is 14.7 Å². The van der Waals surface area contributed by atoms with E-state index >= 15 is 0 Å². The fourth-order valence-corrected chi connectivity index (χ4v) is 3.81. The first kappa shape index (κ1) is 16.1. The maximum absolute atomic E-state index is 12.8. The fraction of sp³-hybridized carbons (Fsp3) is 0.875. The molecule has 0 aromatic heterocycles. The zero-order valence-corrected chi connectivity index (χ0v) is 13.6. The lowest BCUT2D eigenvalue weighted by Gasteiger charge is -2.46. The van der Waals surface area contributed by atoms with E-state index < -0.39 is 5.97 Å². The smallest absolute Gasteiger partial charge is 0.320 e. The highest BCUT2D eigenvalue weighted by Gasteiger charge is 2.38. The number of piperidine rings is 2. The van der Waals surface area contributed by atoms with E-state index in [4.69, 9.17) is 5.11 Å². The minimum atomic E-state index is -0.734. The van der Waals surface area contributed by atoms with Crippen LogP contribution in [0.1, 0.15) is 47.0 Å². The Hall–Kier alpha value is -1.26. The average molecular weight is 296 g/mol. The molecule has 1 N–H and O–H groups in total. The van der Waals surface area contributed by atoms with Crippen LogP contribution in [0.2, 0.25) is 0 Å². The second kappa shape index (κ2) is 6.24. The van der Waals surface area contributed by atoms with Gasteiger partial charge in [0.05, 0.1) is 5.92 Å². The monoisotopic (exact) mass is 296 g/mol. The SMILES string of the molecule is CC1CC(C)C(C)N(C(=O)N2CCC(C(=O)O)CC2C)C1. The Morgan fingerprint density at radius 3 is 2.29 bits per heavy atom. The third kappa shape index (κ3) is 3.33. The van der Waals surface area contributed by atoms with E-state index in [-0.39, 0.29) is 24.0 Å². The summed E-state index contributed by atoms with van der Waals surface area (Å²) < 4.78 is 0. The molecule has 0 aromatic rings. The number of hydrogen-bond donors (Lipinski definition) is 1. The summed E-state index contributed by atoms with van der Waals surface area (Å²) in [6.07, 6.45) is 2.30. The van der Waals surface area contributed by atoms with Crippen molar-refractivity contribution in [1.82, 2.24) is 9.80 Å². The van der Waals surface area contributed by atoms with E-state index in [9.17, 15) is 9.59 Å². The van der Waals surface area contributed by atoms with Gasteiger partial charge in [0.25, 0.3) is 0 Å². The molecule has 120 valence electrons. The van der Waals surface area contributed by atoms with Gasteiger partial charge in [-0.15, -0.1) is 0 Å². The largest absolute Gasteiger partial charge is 0.481 e. The summed E-state index contributed by atoms with van der Waals surface area (Å²) in [4.78, 5) is 27.8. The van der Waals surface area contributed by atoms with Crippen LogP contribution in [0.3, 0.4) is 0 Å². The second-order valence-electron chi connectivity index (χ2n) is 7.10. The third-order valence-electron chi connectivity index (χ3n) is 5.31. The van der Waals surface area contributed by atoms with E-state index in [0.29, 0.717) is 31.2 Å². The first-order valence-corrected chi connectivity index (χ1v) is 8.11. The minimum Gasteiger partial charge on any atom is -0.481 e. The van der Waals surface area contributed by atoms with Gasteiger partial charge in [-0.2, -0.15) is 0 Å². The van der Waals surface area contributed by atoms with Gasteiger partial charge in [0.15, 0.2) is 0 Å². The molecule has 0 spiro atoms. The number of nitrogens with zero attached hydrogens (tertiary/aromatic N) is 2. The Balaban J connectivity index is 2.04. The molecule has 5 heteroatoms. The van der Waals surface area contributed by atoms with E-state index in [1.165, 1.54) is 6.42 Å². The Morgan fingerprint density at radius 1 is 1.05 bits per heavy atom. The highest BCUT2D eigenvalue weighted by molar-refractivity contribution is 5.76. The summed E-state index contributed by atoms with van der Waals surface area (Å²) >= 11 is 0. The zero-order valence-electron chi connectivity index (χ0n) is 13.6. The normalized spacial score (nSPS) is 37.4. The molecule has 0 aromatic carbocycles. The van der Waals surface area contributed by atoms with E-state index in [1.807, 2.05) is 16.7 Å². The lowest BCUT2D eigenvalue weighted by molar-refractivity contribution is -0.143. The Labute approximate surface area is 127 Å². The van der Waals surface area contributed by atoms with Crippen LogP contribution in [-0.4, -0.2) is 52.1 Å². The maximum Gasteiger partial charge on any atom is 0.320 e. The molecule has 0 radical (unpaired) electrons. The number of carbonyl (C=O) groups is 2. The number of hydrogen-bond acceptors (Lipinski definition) is 2. The van der Waals surface area contributed by atoms with Crippen molar-refractivity contribution in [3.63, 3.8) is 0 Å². The van der Waals surface area contributed by atoms with Gasteiger partial charge in [0.1, 0.15) is 0 Å². The third-order valence-corrected chi connectivity index (χ3v) is 5.31. The van der Waals surface area contributed by atoms with Crippen LogP contribution in [0.25, 0.3) is 0 Å². The molecule has 2 aliphatic rings. The zero-order chi connectivity index (χ0) is 15.7. The predicted octanol–water partition coefficient (Wildman–Crippen LogP) is 2.66. The molecule has 2 heterocycles. The topological polar surface area (TPSA) is 60.9 Å². The molecule has 0 aliphatic carbocycles. The Morgan fingerprint density at radius 2 is 1.71 bits per heavy atom. The molecule has 5 unspecified atom stereocenters. The van der Waals surface area contributed by atoms with Crippen molar-refractivity contribution in [2.24, 2.45) is 17.8 Å². The standard InChI is InChI=1S/C16H28N2O3/c1-10-7-11(2)13(4)18(9-10)16(21)17-6-5-14(15(19)20)8-12(17)3/h10-14H,5-9H2,1-4H3,(H,19,20). The van der Waals surface area contributed by atoms with Crippen LogP contribution in [0, 0.1) is 17.8 Å². The first-order chi connectivity index (χ1) is 9.81. The lowest BCUT2D eigenvalue weighted by Crippen LogP contribution is -2.57. The van der Waals surface area contributed by atoms with Gasteiger partial charge in [-0.1, -0.05) is 13.8 Å². The fourth-order valence-electron chi connectivity index (χ4n) is 3.81. The highest BCUT2D eigenvalue weighted by atomic mass is 16.4. The maximum atomic E-state index is 12.8. The van der Waals surface area contributed by atoms with Crippen molar-refractivity contribution in [1.29, 1.82) is 0 Å². The number of carboxylic acid groups (broad SMARTS) is 1. The number of aliphatic carboxylic acids is 1. The summed E-state index contributed by atoms with van der Waals surface area (Å²) in [7, 11) is 0. The van der Waals surface area contributed by atoms with E-state index in [2.05, 4.69) is 20.8 Å². The number of carboxylic acids is 1.